The highest BCUT2D eigenvalue weighted by atomic mass is 32.1. The van der Waals surface area contributed by atoms with Gasteiger partial charge in [-0.15, -0.1) is 11.3 Å². The van der Waals surface area contributed by atoms with Crippen molar-refractivity contribution in [1.29, 1.82) is 0 Å². The second kappa shape index (κ2) is 7.51. The van der Waals surface area contributed by atoms with E-state index in [0.29, 0.717) is 11.6 Å². The van der Waals surface area contributed by atoms with E-state index in [-0.39, 0.29) is 5.91 Å². The molecule has 0 saturated heterocycles. The number of carbonyl (C=O) groups is 1. The Bertz CT molecular complexity index is 610. The quantitative estimate of drug-likeness (QED) is 0.822. The number of carbonyl (C=O) groups excluding carboxylic acids is 1. The number of nitrogens with one attached hydrogen (secondary N) is 2. The van der Waals surface area contributed by atoms with Crippen molar-refractivity contribution in [3.63, 3.8) is 0 Å². The van der Waals surface area contributed by atoms with Crippen molar-refractivity contribution in [2.75, 3.05) is 18.4 Å². The molecule has 0 radical (unpaired) electrons. The lowest BCUT2D eigenvalue weighted by molar-refractivity contribution is -0.115. The molecule has 2 N–H and O–H groups in total. The SMILES string of the molecule is CCN(CC)Cc1csc(NC(=O)Cc2c(C)n[nH]c2C)n1. The van der Waals surface area contributed by atoms with Gasteiger partial charge in [-0.25, -0.2) is 4.98 Å². The Hall–Kier alpha value is -1.73. The Morgan fingerprint density at radius 3 is 2.68 bits per heavy atom. The van der Waals surface area contributed by atoms with E-state index in [1.807, 2.05) is 19.2 Å². The molecule has 0 atom stereocenters. The van der Waals surface area contributed by atoms with Crippen LogP contribution in [-0.4, -0.2) is 39.1 Å². The predicted molar refractivity (Wildman–Crippen MR) is 89.1 cm³/mol. The van der Waals surface area contributed by atoms with Crippen LogP contribution in [0, 0.1) is 13.8 Å². The number of rotatable bonds is 7. The lowest BCUT2D eigenvalue weighted by atomic mass is 10.1. The van der Waals surface area contributed by atoms with Crippen LogP contribution in [0.1, 0.15) is 36.5 Å². The fourth-order valence-electron chi connectivity index (χ4n) is 2.27. The van der Waals surface area contributed by atoms with Gasteiger partial charge in [0.25, 0.3) is 0 Å². The van der Waals surface area contributed by atoms with E-state index >= 15 is 0 Å². The molecule has 2 aromatic rings. The molecule has 0 aliphatic heterocycles. The lowest BCUT2D eigenvalue weighted by Crippen LogP contribution is -2.22. The fraction of sp³-hybridized carbons (Fsp3) is 0.533. The highest BCUT2D eigenvalue weighted by Crippen LogP contribution is 2.18. The maximum atomic E-state index is 12.1. The van der Waals surface area contributed by atoms with Crippen LogP contribution in [0.4, 0.5) is 5.13 Å². The smallest absolute Gasteiger partial charge is 0.230 e. The highest BCUT2D eigenvalue weighted by Gasteiger charge is 2.13. The normalized spacial score (nSPS) is 11.1. The first-order valence-electron chi connectivity index (χ1n) is 7.50. The first kappa shape index (κ1) is 16.6. The number of amides is 1. The first-order chi connectivity index (χ1) is 10.5. The van der Waals surface area contributed by atoms with Gasteiger partial charge in [-0.05, 0) is 26.9 Å². The van der Waals surface area contributed by atoms with Crippen molar-refractivity contribution >= 4 is 22.4 Å². The van der Waals surface area contributed by atoms with Gasteiger partial charge < -0.3 is 5.32 Å². The summed E-state index contributed by atoms with van der Waals surface area (Å²) in [4.78, 5) is 18.9. The Morgan fingerprint density at radius 2 is 2.09 bits per heavy atom. The highest BCUT2D eigenvalue weighted by molar-refractivity contribution is 7.13. The number of anilines is 1. The molecule has 2 heterocycles. The molecule has 0 unspecified atom stereocenters. The predicted octanol–water partition coefficient (Wildman–Crippen LogP) is 2.51. The van der Waals surface area contributed by atoms with Crippen LogP contribution in [0.15, 0.2) is 5.38 Å². The van der Waals surface area contributed by atoms with Crippen LogP contribution in [0.2, 0.25) is 0 Å². The van der Waals surface area contributed by atoms with Gasteiger partial charge in [-0.1, -0.05) is 13.8 Å². The zero-order valence-corrected chi connectivity index (χ0v) is 14.4. The molecular weight excluding hydrogens is 298 g/mol. The van der Waals surface area contributed by atoms with Crippen molar-refractivity contribution in [3.05, 3.63) is 28.0 Å². The first-order valence-corrected chi connectivity index (χ1v) is 8.38. The average Bonchev–Trinajstić information content (AvgIpc) is 3.06. The maximum absolute atomic E-state index is 12.1. The molecule has 22 heavy (non-hydrogen) atoms. The monoisotopic (exact) mass is 321 g/mol. The molecule has 2 rings (SSSR count). The molecule has 0 aromatic carbocycles. The van der Waals surface area contributed by atoms with Crippen LogP contribution in [-0.2, 0) is 17.8 Å². The Morgan fingerprint density at radius 1 is 1.36 bits per heavy atom. The van der Waals surface area contributed by atoms with E-state index in [1.54, 1.807) is 0 Å². The van der Waals surface area contributed by atoms with Gasteiger partial charge in [0.1, 0.15) is 0 Å². The second-order valence-corrected chi connectivity index (χ2v) is 6.10. The summed E-state index contributed by atoms with van der Waals surface area (Å²) in [6, 6.07) is 0. The largest absolute Gasteiger partial charge is 0.302 e. The topological polar surface area (TPSA) is 73.9 Å². The van der Waals surface area contributed by atoms with Gasteiger partial charge in [0.05, 0.1) is 17.8 Å². The minimum atomic E-state index is -0.0589. The molecular formula is C15H23N5OS. The van der Waals surface area contributed by atoms with Gasteiger partial charge in [-0.3, -0.25) is 14.8 Å². The summed E-state index contributed by atoms with van der Waals surface area (Å²) < 4.78 is 0. The van der Waals surface area contributed by atoms with E-state index in [4.69, 9.17) is 0 Å². The summed E-state index contributed by atoms with van der Waals surface area (Å²) in [5.41, 5.74) is 3.76. The second-order valence-electron chi connectivity index (χ2n) is 5.24. The summed E-state index contributed by atoms with van der Waals surface area (Å²) in [7, 11) is 0. The molecule has 0 bridgehead atoms. The molecule has 7 heteroatoms. The molecule has 2 aromatic heterocycles. The van der Waals surface area contributed by atoms with Gasteiger partial charge in [0.2, 0.25) is 5.91 Å². The Labute approximate surface area is 135 Å². The van der Waals surface area contributed by atoms with Gasteiger partial charge >= 0.3 is 0 Å². The lowest BCUT2D eigenvalue weighted by Gasteiger charge is -2.15. The molecule has 6 nitrogen and oxygen atoms in total. The molecule has 0 fully saturated rings. The zero-order chi connectivity index (χ0) is 16.1. The number of hydrogen-bond donors (Lipinski definition) is 2. The number of H-pyrrole nitrogens is 1. The summed E-state index contributed by atoms with van der Waals surface area (Å²) in [6.07, 6.45) is 0.319. The Kier molecular flexibility index (Phi) is 5.68. The van der Waals surface area contributed by atoms with E-state index in [1.165, 1.54) is 11.3 Å². The molecule has 0 spiro atoms. The van der Waals surface area contributed by atoms with E-state index in [0.717, 1.165) is 42.3 Å². The van der Waals surface area contributed by atoms with E-state index in [2.05, 4.69) is 39.2 Å². The number of nitrogens with zero attached hydrogens (tertiary/aromatic N) is 3. The molecule has 0 saturated carbocycles. The molecule has 0 aliphatic rings. The maximum Gasteiger partial charge on any atom is 0.230 e. The van der Waals surface area contributed by atoms with Crippen LogP contribution >= 0.6 is 11.3 Å². The minimum absolute atomic E-state index is 0.0589. The van der Waals surface area contributed by atoms with Gasteiger partial charge in [0.15, 0.2) is 5.13 Å². The minimum Gasteiger partial charge on any atom is -0.302 e. The van der Waals surface area contributed by atoms with E-state index < -0.39 is 0 Å². The summed E-state index contributed by atoms with van der Waals surface area (Å²) in [5.74, 6) is -0.0589. The number of aryl methyl sites for hydroxylation is 2. The van der Waals surface area contributed by atoms with Crippen LogP contribution < -0.4 is 5.32 Å². The number of aromatic nitrogens is 3. The van der Waals surface area contributed by atoms with Crippen molar-refractivity contribution in [2.24, 2.45) is 0 Å². The summed E-state index contributed by atoms with van der Waals surface area (Å²) >= 11 is 1.47. The van der Waals surface area contributed by atoms with E-state index in [9.17, 15) is 4.79 Å². The van der Waals surface area contributed by atoms with Crippen molar-refractivity contribution in [1.82, 2.24) is 20.1 Å². The third-order valence-corrected chi connectivity index (χ3v) is 4.50. The standard InChI is InChI=1S/C15H23N5OS/c1-5-20(6-2)8-12-9-22-15(16-12)17-14(21)7-13-10(3)18-19-11(13)4/h9H,5-8H2,1-4H3,(H,18,19)(H,16,17,21). The van der Waals surface area contributed by atoms with Crippen LogP contribution in [0.25, 0.3) is 0 Å². The zero-order valence-electron chi connectivity index (χ0n) is 13.6. The van der Waals surface area contributed by atoms with Gasteiger partial charge in [-0.2, -0.15) is 5.10 Å². The number of thiazole rings is 1. The van der Waals surface area contributed by atoms with Crippen LogP contribution in [0.5, 0.6) is 0 Å². The summed E-state index contributed by atoms with van der Waals surface area (Å²) in [5, 5.41) is 12.5. The summed E-state index contributed by atoms with van der Waals surface area (Å²) in [6.45, 7) is 10.9. The molecule has 120 valence electrons. The number of hydrogen-bond acceptors (Lipinski definition) is 5. The third-order valence-electron chi connectivity index (χ3n) is 3.70. The fourth-order valence-corrected chi connectivity index (χ4v) is 2.99. The van der Waals surface area contributed by atoms with Crippen molar-refractivity contribution in [3.8, 4) is 0 Å². The molecule has 1 amide bonds. The van der Waals surface area contributed by atoms with Gasteiger partial charge in [0, 0.05) is 23.2 Å². The molecule has 0 aliphatic carbocycles. The third kappa shape index (κ3) is 4.14. The number of aromatic amines is 1. The Balaban J connectivity index is 1.94. The van der Waals surface area contributed by atoms with Crippen molar-refractivity contribution < 1.29 is 4.79 Å². The van der Waals surface area contributed by atoms with Crippen molar-refractivity contribution in [2.45, 2.75) is 40.7 Å². The average molecular weight is 321 g/mol. The van der Waals surface area contributed by atoms with Crippen LogP contribution in [0.3, 0.4) is 0 Å².